The average Bonchev–Trinajstić information content (AvgIpc) is 3.11. The van der Waals surface area contributed by atoms with Gasteiger partial charge in [-0.25, -0.2) is 4.39 Å². The van der Waals surface area contributed by atoms with E-state index in [1.165, 1.54) is 49.6 Å². The lowest BCUT2D eigenvalue weighted by Gasteiger charge is -2.28. The summed E-state index contributed by atoms with van der Waals surface area (Å²) in [7, 11) is 0. The van der Waals surface area contributed by atoms with Crippen LogP contribution in [0, 0.1) is 17.7 Å². The number of allylic oxidation sites excluding steroid dienone is 4. The molecular weight excluding hydrogens is 425 g/mol. The number of carbonyl (C=O) groups is 1. The highest BCUT2D eigenvalue weighted by molar-refractivity contribution is 6.04. The molecule has 2 N–H and O–H groups in total. The number of carbonyl (C=O) groups excluding carboxylic acids is 1. The number of nitrogens with one attached hydrogen (secondary N) is 2. The summed E-state index contributed by atoms with van der Waals surface area (Å²) in [6.45, 7) is 11.8. The molecule has 2 aliphatic carbocycles. The molecule has 1 heterocycles. The van der Waals surface area contributed by atoms with Crippen LogP contribution in [0.25, 0.3) is 10.9 Å². The van der Waals surface area contributed by atoms with E-state index in [1.807, 2.05) is 52.8 Å². The Morgan fingerprint density at radius 1 is 1.18 bits per heavy atom. The fourth-order valence-electron chi connectivity index (χ4n) is 5.10. The van der Waals surface area contributed by atoms with Gasteiger partial charge in [-0.1, -0.05) is 60.0 Å². The number of nitrogens with zero attached hydrogens (tertiary/aromatic N) is 1. The molecular formula is C29H40FN3O. The third-order valence-corrected chi connectivity index (χ3v) is 6.92. The number of amides is 1. The zero-order valence-electron chi connectivity index (χ0n) is 21.6. The molecule has 0 spiro atoms. The Morgan fingerprint density at radius 2 is 1.85 bits per heavy atom. The van der Waals surface area contributed by atoms with Gasteiger partial charge in [0.2, 0.25) is 5.91 Å². The van der Waals surface area contributed by atoms with Crippen LogP contribution in [0.15, 0.2) is 36.2 Å². The summed E-state index contributed by atoms with van der Waals surface area (Å²) in [6, 6.07) is 4.10. The lowest BCUT2D eigenvalue weighted by molar-refractivity contribution is -0.123. The van der Waals surface area contributed by atoms with E-state index in [-0.39, 0.29) is 17.8 Å². The Labute approximate surface area is 203 Å². The van der Waals surface area contributed by atoms with Gasteiger partial charge in [-0.2, -0.15) is 0 Å². The lowest BCUT2D eigenvalue weighted by atomic mass is 9.85. The first-order valence-corrected chi connectivity index (χ1v) is 12.7. The first-order valence-electron chi connectivity index (χ1n) is 12.7. The highest BCUT2D eigenvalue weighted by atomic mass is 19.1. The van der Waals surface area contributed by atoms with Crippen molar-refractivity contribution in [1.29, 1.82) is 5.41 Å². The third-order valence-electron chi connectivity index (χ3n) is 6.92. The molecule has 0 bridgehead atoms. The number of hydrogen-bond donors (Lipinski definition) is 2. The molecule has 34 heavy (non-hydrogen) atoms. The first-order chi connectivity index (χ1) is 16.2. The quantitative estimate of drug-likeness (QED) is 0.438. The maximum Gasteiger partial charge on any atom is 0.229 e. The largest absolute Gasteiger partial charge is 0.337 e. The van der Waals surface area contributed by atoms with Crippen LogP contribution in [0.4, 0.5) is 10.1 Å². The average molecular weight is 466 g/mol. The molecule has 1 aromatic carbocycles. The number of aromatic nitrogens is 1. The second-order valence-corrected chi connectivity index (χ2v) is 10.3. The summed E-state index contributed by atoms with van der Waals surface area (Å²) in [5, 5.41) is 12.1. The number of hydrogen-bond acceptors (Lipinski definition) is 2. The molecule has 4 nitrogen and oxygen atoms in total. The molecule has 2 aromatic rings. The van der Waals surface area contributed by atoms with Gasteiger partial charge in [-0.3, -0.25) is 4.79 Å². The van der Waals surface area contributed by atoms with Crippen LogP contribution in [0.2, 0.25) is 0 Å². The van der Waals surface area contributed by atoms with Crippen LogP contribution in [0.3, 0.4) is 0 Å². The Balaban J connectivity index is 0.00000158. The lowest BCUT2D eigenvalue weighted by Crippen LogP contribution is -2.28. The Kier molecular flexibility index (Phi) is 8.17. The van der Waals surface area contributed by atoms with Gasteiger partial charge >= 0.3 is 0 Å². The molecule has 1 amide bonds. The van der Waals surface area contributed by atoms with Crippen molar-refractivity contribution in [2.75, 3.05) is 5.32 Å². The van der Waals surface area contributed by atoms with Crippen LogP contribution in [0.5, 0.6) is 0 Å². The minimum atomic E-state index is -0.522. The normalized spacial score (nSPS) is 18.8. The predicted molar refractivity (Wildman–Crippen MR) is 142 cm³/mol. The third kappa shape index (κ3) is 5.18. The van der Waals surface area contributed by atoms with E-state index in [2.05, 4.69) is 16.8 Å². The second-order valence-electron chi connectivity index (χ2n) is 10.3. The summed E-state index contributed by atoms with van der Waals surface area (Å²) >= 11 is 0. The highest BCUT2D eigenvalue weighted by Crippen LogP contribution is 2.43. The summed E-state index contributed by atoms with van der Waals surface area (Å²) in [6.07, 6.45) is 13.2. The molecule has 1 fully saturated rings. The number of rotatable bonds is 4. The fourth-order valence-corrected chi connectivity index (χ4v) is 5.10. The van der Waals surface area contributed by atoms with Crippen LogP contribution in [-0.2, 0) is 4.79 Å². The number of halogens is 1. The highest BCUT2D eigenvalue weighted by Gasteiger charge is 2.28. The summed E-state index contributed by atoms with van der Waals surface area (Å²) < 4.78 is 16.1. The molecule has 1 aromatic heterocycles. The molecule has 5 heteroatoms. The topological polar surface area (TPSA) is 57.9 Å². The Hall–Kier alpha value is -2.69. The molecule has 1 atom stereocenters. The van der Waals surface area contributed by atoms with Gasteiger partial charge < -0.3 is 15.3 Å². The van der Waals surface area contributed by atoms with Crippen molar-refractivity contribution < 1.29 is 9.18 Å². The van der Waals surface area contributed by atoms with Gasteiger partial charge in [0.25, 0.3) is 0 Å². The van der Waals surface area contributed by atoms with Gasteiger partial charge in [0.15, 0.2) is 0 Å². The van der Waals surface area contributed by atoms with Crippen molar-refractivity contribution >= 4 is 28.7 Å². The molecule has 0 radical (unpaired) electrons. The van der Waals surface area contributed by atoms with Gasteiger partial charge in [-0.05, 0) is 62.0 Å². The minimum absolute atomic E-state index is 0.0521. The van der Waals surface area contributed by atoms with Crippen molar-refractivity contribution in [3.63, 3.8) is 0 Å². The van der Waals surface area contributed by atoms with Crippen LogP contribution in [-0.4, -0.2) is 16.7 Å². The maximum atomic E-state index is 13.7. The predicted octanol–water partition coefficient (Wildman–Crippen LogP) is 8.36. The summed E-state index contributed by atoms with van der Waals surface area (Å²) in [4.78, 5) is 12.7. The van der Waals surface area contributed by atoms with E-state index < -0.39 is 5.41 Å². The van der Waals surface area contributed by atoms with Gasteiger partial charge in [-0.15, -0.1) is 0 Å². The van der Waals surface area contributed by atoms with Gasteiger partial charge in [0.1, 0.15) is 5.83 Å². The van der Waals surface area contributed by atoms with Crippen molar-refractivity contribution in [2.24, 2.45) is 5.41 Å². The van der Waals surface area contributed by atoms with Gasteiger partial charge in [0.05, 0.1) is 11.7 Å². The number of anilines is 1. The van der Waals surface area contributed by atoms with E-state index in [4.69, 9.17) is 5.41 Å². The Morgan fingerprint density at radius 3 is 2.41 bits per heavy atom. The maximum absolute atomic E-state index is 13.7. The molecule has 184 valence electrons. The summed E-state index contributed by atoms with van der Waals surface area (Å²) in [5.74, 6) is 0.234. The van der Waals surface area contributed by atoms with Crippen molar-refractivity contribution in [3.8, 4) is 0 Å². The molecule has 0 saturated heterocycles. The molecule has 1 saturated carbocycles. The zero-order chi connectivity index (χ0) is 25.0. The van der Waals surface area contributed by atoms with E-state index >= 15 is 0 Å². The van der Waals surface area contributed by atoms with Crippen LogP contribution < -0.4 is 5.32 Å². The SMILES string of the molecule is CC.Cc1c(C2CCCCC2)n(C2C=CC(F)=CC2)c2cc(C=N)c(NC(=O)C(C)(C)C)cc12. The zero-order valence-corrected chi connectivity index (χ0v) is 21.6. The standard InChI is InChI=1S/C27H34FN3O.C2H6/c1-17-22-15-23(30-26(32)27(2,3)4)19(16-29)14-24(22)31(21-12-10-20(28)11-13-21)25(17)18-8-6-5-7-9-18;1-2/h10-12,14-16,18,21,29H,5-9,13H2,1-4H3,(H,30,32);1-2H3. The number of fused-ring (bicyclic) bond motifs is 1. The molecule has 4 rings (SSSR count). The van der Waals surface area contributed by atoms with Crippen LogP contribution in [0.1, 0.15) is 102 Å². The van der Waals surface area contributed by atoms with Crippen LogP contribution >= 0.6 is 0 Å². The van der Waals surface area contributed by atoms with Gasteiger partial charge in [0, 0.05) is 33.8 Å². The fraction of sp³-hybridized carbons (Fsp3) is 0.517. The van der Waals surface area contributed by atoms with E-state index in [9.17, 15) is 9.18 Å². The first kappa shape index (κ1) is 25.9. The van der Waals surface area contributed by atoms with E-state index in [0.717, 1.165) is 10.9 Å². The molecule has 0 aliphatic heterocycles. The van der Waals surface area contributed by atoms with E-state index in [0.29, 0.717) is 23.6 Å². The smallest absolute Gasteiger partial charge is 0.229 e. The Bertz CT molecular complexity index is 1110. The number of benzene rings is 1. The van der Waals surface area contributed by atoms with Crippen molar-refractivity contribution in [1.82, 2.24) is 4.57 Å². The second kappa shape index (κ2) is 10.7. The number of aryl methyl sites for hydroxylation is 1. The molecule has 1 unspecified atom stereocenters. The monoisotopic (exact) mass is 465 g/mol. The summed E-state index contributed by atoms with van der Waals surface area (Å²) in [5.41, 5.74) is 4.46. The van der Waals surface area contributed by atoms with Crippen molar-refractivity contribution in [2.45, 2.75) is 92.0 Å². The minimum Gasteiger partial charge on any atom is -0.337 e. The molecule has 2 aliphatic rings. The van der Waals surface area contributed by atoms with E-state index in [1.54, 1.807) is 12.2 Å². The van der Waals surface area contributed by atoms with Crippen molar-refractivity contribution in [3.05, 3.63) is 53.0 Å².